The summed E-state index contributed by atoms with van der Waals surface area (Å²) in [5.41, 5.74) is 3.30. The Morgan fingerprint density at radius 3 is 2.62 bits per heavy atom. The van der Waals surface area contributed by atoms with Crippen LogP contribution in [0, 0.1) is 0 Å². The number of hydrogen-bond acceptors (Lipinski definition) is 5. The molecule has 170 valence electrons. The number of carbonyl (C=O) groups excluding carboxylic acids is 3. The monoisotopic (exact) mass is 436 g/mol. The molecule has 5 aliphatic heterocycles. The van der Waals surface area contributed by atoms with Crippen LogP contribution in [0.5, 0.6) is 0 Å². The normalized spacial score (nSPS) is 34.8. The first-order valence-corrected chi connectivity index (χ1v) is 12.3. The molecule has 0 aliphatic carbocycles. The Morgan fingerprint density at radius 2 is 1.84 bits per heavy atom. The highest BCUT2D eigenvalue weighted by Gasteiger charge is 2.48. The number of hydrogen-bond donors (Lipinski definition) is 2. The quantitative estimate of drug-likeness (QED) is 0.709. The Balaban J connectivity index is 1.26. The van der Waals surface area contributed by atoms with Crippen LogP contribution in [0.3, 0.4) is 0 Å². The number of piperidine rings is 3. The zero-order chi connectivity index (χ0) is 21.9. The molecule has 0 radical (unpaired) electrons. The van der Waals surface area contributed by atoms with E-state index in [1.165, 1.54) is 50.5 Å². The number of likely N-dealkylation sites (tertiary alicyclic amines) is 1. The largest absolute Gasteiger partial charge is 0.322 e. The molecule has 1 aromatic rings. The molecular formula is C25H32N4O3. The third-order valence-corrected chi connectivity index (χ3v) is 8.62. The molecule has 1 aromatic carbocycles. The Hall–Kier alpha value is -2.25. The summed E-state index contributed by atoms with van der Waals surface area (Å²) < 4.78 is 0. The van der Waals surface area contributed by atoms with Gasteiger partial charge in [0.15, 0.2) is 0 Å². The van der Waals surface area contributed by atoms with Gasteiger partial charge in [0.2, 0.25) is 11.8 Å². The lowest BCUT2D eigenvalue weighted by molar-refractivity contribution is -0.136. The summed E-state index contributed by atoms with van der Waals surface area (Å²) in [6.07, 6.45) is 9.59. The van der Waals surface area contributed by atoms with E-state index in [1.807, 2.05) is 12.1 Å². The van der Waals surface area contributed by atoms with Crippen molar-refractivity contribution in [3.05, 3.63) is 34.9 Å². The Kier molecular flexibility index (Phi) is 4.88. The predicted molar refractivity (Wildman–Crippen MR) is 119 cm³/mol. The zero-order valence-corrected chi connectivity index (χ0v) is 18.6. The molecule has 4 fully saturated rings. The van der Waals surface area contributed by atoms with E-state index in [0.29, 0.717) is 25.0 Å². The maximum atomic E-state index is 13.2. The highest BCUT2D eigenvalue weighted by molar-refractivity contribution is 6.05. The lowest BCUT2D eigenvalue weighted by Crippen LogP contribution is -2.59. The molecule has 32 heavy (non-hydrogen) atoms. The average molecular weight is 437 g/mol. The number of rotatable bonds is 3. The molecule has 3 atom stereocenters. The lowest BCUT2D eigenvalue weighted by atomic mass is 9.76. The second-order valence-electron chi connectivity index (χ2n) is 10.5. The van der Waals surface area contributed by atoms with Crippen LogP contribution in [0.4, 0.5) is 0 Å². The fourth-order valence-electron chi connectivity index (χ4n) is 7.09. The van der Waals surface area contributed by atoms with E-state index in [-0.39, 0.29) is 29.7 Å². The minimum atomic E-state index is -0.554. The molecule has 3 unspecified atom stereocenters. The second kappa shape index (κ2) is 7.66. The van der Waals surface area contributed by atoms with Crippen molar-refractivity contribution in [3.8, 4) is 0 Å². The van der Waals surface area contributed by atoms with Crippen molar-refractivity contribution in [1.82, 2.24) is 20.4 Å². The predicted octanol–water partition coefficient (Wildman–Crippen LogP) is 2.09. The van der Waals surface area contributed by atoms with Crippen LogP contribution in [-0.4, -0.2) is 57.7 Å². The van der Waals surface area contributed by atoms with Gasteiger partial charge in [-0.1, -0.05) is 18.6 Å². The number of nitrogens with zero attached hydrogens (tertiary/aromatic N) is 2. The van der Waals surface area contributed by atoms with Gasteiger partial charge in [-0.3, -0.25) is 24.6 Å². The van der Waals surface area contributed by atoms with Gasteiger partial charge in [-0.15, -0.1) is 0 Å². The molecular weight excluding hydrogens is 404 g/mol. The van der Waals surface area contributed by atoms with E-state index in [0.717, 1.165) is 24.2 Å². The maximum absolute atomic E-state index is 13.2. The summed E-state index contributed by atoms with van der Waals surface area (Å²) in [7, 11) is 0. The summed E-state index contributed by atoms with van der Waals surface area (Å²) in [5.74, 6) is -0.670. The zero-order valence-electron chi connectivity index (χ0n) is 18.6. The summed E-state index contributed by atoms with van der Waals surface area (Å²) in [5, 5.41) is 6.20. The molecule has 4 saturated heterocycles. The van der Waals surface area contributed by atoms with Crippen LogP contribution in [0.2, 0.25) is 0 Å². The molecule has 5 aliphatic rings. The van der Waals surface area contributed by atoms with Gasteiger partial charge in [0.05, 0.1) is 0 Å². The maximum Gasteiger partial charge on any atom is 0.255 e. The summed E-state index contributed by atoms with van der Waals surface area (Å²) >= 11 is 0. The highest BCUT2D eigenvalue weighted by atomic mass is 16.2. The number of imide groups is 1. The minimum absolute atomic E-state index is 0.0791. The molecule has 7 nitrogen and oxygen atoms in total. The number of nitrogens with one attached hydrogen (secondary N) is 2. The SMILES string of the molecule is O=C1CCC(N2Cc3c(CN4CCCCC45CC4CCC(C5)N4)cccc3C2=O)C(=O)N1. The van der Waals surface area contributed by atoms with Gasteiger partial charge < -0.3 is 10.2 Å². The molecule has 2 N–H and O–H groups in total. The molecule has 0 aromatic heterocycles. The third-order valence-electron chi connectivity index (χ3n) is 8.62. The first-order valence-electron chi connectivity index (χ1n) is 12.3. The van der Waals surface area contributed by atoms with E-state index in [4.69, 9.17) is 0 Å². The van der Waals surface area contributed by atoms with Crippen LogP contribution in [0.1, 0.15) is 79.3 Å². The van der Waals surface area contributed by atoms with Crippen LogP contribution in [-0.2, 0) is 22.7 Å². The van der Waals surface area contributed by atoms with Crippen LogP contribution in [0.25, 0.3) is 0 Å². The van der Waals surface area contributed by atoms with Gasteiger partial charge in [0.25, 0.3) is 5.91 Å². The molecule has 6 rings (SSSR count). The number of carbonyl (C=O) groups is 3. The first-order chi connectivity index (χ1) is 15.5. The van der Waals surface area contributed by atoms with Gasteiger partial charge in [0.1, 0.15) is 6.04 Å². The van der Waals surface area contributed by atoms with Gasteiger partial charge in [-0.2, -0.15) is 0 Å². The van der Waals surface area contributed by atoms with Crippen molar-refractivity contribution in [2.45, 2.75) is 94.5 Å². The lowest BCUT2D eigenvalue weighted by Gasteiger charge is -2.52. The summed E-state index contributed by atoms with van der Waals surface area (Å²) in [6, 6.07) is 6.80. The Labute approximate surface area is 188 Å². The summed E-state index contributed by atoms with van der Waals surface area (Å²) in [6.45, 7) is 2.46. The minimum Gasteiger partial charge on any atom is -0.322 e. The van der Waals surface area contributed by atoms with E-state index in [2.05, 4.69) is 21.6 Å². The number of amides is 3. The fraction of sp³-hybridized carbons (Fsp3) is 0.640. The fourth-order valence-corrected chi connectivity index (χ4v) is 7.09. The van der Waals surface area contributed by atoms with Crippen molar-refractivity contribution in [1.29, 1.82) is 0 Å². The van der Waals surface area contributed by atoms with Crippen LogP contribution < -0.4 is 10.6 Å². The number of fused-ring (bicyclic) bond motifs is 3. The Bertz CT molecular complexity index is 964. The third kappa shape index (κ3) is 3.28. The standard InChI is InChI=1S/C25H32N4O3/c30-22-9-8-21(23(31)27-22)29-15-20-16(4-3-5-19(20)24(29)32)14-28-11-2-1-10-25(28)12-17-6-7-18(13-25)26-17/h3-5,17-18,21,26H,1-2,6-15H2,(H,27,30,31). The van der Waals surface area contributed by atoms with E-state index in [1.54, 1.807) is 4.90 Å². The van der Waals surface area contributed by atoms with Crippen molar-refractivity contribution >= 4 is 17.7 Å². The van der Waals surface area contributed by atoms with Gasteiger partial charge >= 0.3 is 0 Å². The van der Waals surface area contributed by atoms with E-state index in [9.17, 15) is 14.4 Å². The second-order valence-corrected chi connectivity index (χ2v) is 10.5. The molecule has 7 heteroatoms. The van der Waals surface area contributed by atoms with Crippen molar-refractivity contribution in [2.24, 2.45) is 0 Å². The molecule has 2 bridgehead atoms. The van der Waals surface area contributed by atoms with Gasteiger partial charge in [-0.05, 0) is 68.7 Å². The molecule has 3 amide bonds. The topological polar surface area (TPSA) is 81.8 Å². The van der Waals surface area contributed by atoms with Crippen LogP contribution in [0.15, 0.2) is 18.2 Å². The highest BCUT2D eigenvalue weighted by Crippen LogP contribution is 2.44. The molecule has 0 saturated carbocycles. The Morgan fingerprint density at radius 1 is 1.03 bits per heavy atom. The van der Waals surface area contributed by atoms with Gasteiger partial charge in [-0.25, -0.2) is 0 Å². The average Bonchev–Trinajstić information content (AvgIpc) is 3.30. The van der Waals surface area contributed by atoms with Crippen molar-refractivity contribution < 1.29 is 14.4 Å². The van der Waals surface area contributed by atoms with Gasteiger partial charge in [0, 0.05) is 42.7 Å². The van der Waals surface area contributed by atoms with Crippen molar-refractivity contribution in [3.63, 3.8) is 0 Å². The molecule has 5 heterocycles. The van der Waals surface area contributed by atoms with Crippen LogP contribution >= 0.6 is 0 Å². The first kappa shape index (κ1) is 20.4. The summed E-state index contributed by atoms with van der Waals surface area (Å²) in [4.78, 5) is 41.6. The van der Waals surface area contributed by atoms with E-state index < -0.39 is 6.04 Å². The van der Waals surface area contributed by atoms with E-state index >= 15 is 0 Å². The van der Waals surface area contributed by atoms with Crippen molar-refractivity contribution in [2.75, 3.05) is 6.54 Å². The smallest absolute Gasteiger partial charge is 0.255 e. The molecule has 1 spiro atoms. The number of benzene rings is 1.